The van der Waals surface area contributed by atoms with E-state index in [1.807, 2.05) is 11.5 Å². The van der Waals surface area contributed by atoms with Crippen molar-refractivity contribution in [2.24, 2.45) is 0 Å². The van der Waals surface area contributed by atoms with Crippen LogP contribution in [-0.2, 0) is 24.1 Å². The van der Waals surface area contributed by atoms with Gasteiger partial charge in [0.05, 0.1) is 22.2 Å². The number of amides is 1. The number of methoxy groups -OCH3 is 1. The van der Waals surface area contributed by atoms with E-state index in [9.17, 15) is 18.0 Å². The molecule has 0 bridgehead atoms. The molecule has 0 unspecified atom stereocenters. The molecule has 5 nitrogen and oxygen atoms in total. The van der Waals surface area contributed by atoms with Crippen LogP contribution in [0, 0.1) is 0 Å². The summed E-state index contributed by atoms with van der Waals surface area (Å²) in [6.45, 7) is 3.08. The van der Waals surface area contributed by atoms with Crippen molar-refractivity contribution in [1.82, 2.24) is 9.55 Å². The molecule has 0 saturated carbocycles. The lowest BCUT2D eigenvalue weighted by Gasteiger charge is -2.13. The van der Waals surface area contributed by atoms with Gasteiger partial charge in [-0.15, -0.1) is 0 Å². The van der Waals surface area contributed by atoms with Gasteiger partial charge in [0.25, 0.3) is 5.91 Å². The van der Waals surface area contributed by atoms with E-state index in [2.05, 4.69) is 10.3 Å². The second-order valence-electron chi connectivity index (χ2n) is 6.31. The summed E-state index contributed by atoms with van der Waals surface area (Å²) >= 11 is 0. The van der Waals surface area contributed by atoms with Crippen LogP contribution < -0.4 is 5.32 Å². The Morgan fingerprint density at radius 2 is 1.96 bits per heavy atom. The first-order chi connectivity index (χ1) is 13.3. The summed E-state index contributed by atoms with van der Waals surface area (Å²) < 4.78 is 46.7. The van der Waals surface area contributed by atoms with Crippen molar-refractivity contribution >= 4 is 22.6 Å². The first-order valence-corrected chi connectivity index (χ1v) is 8.80. The molecular formula is C20H20F3N3O2. The fourth-order valence-electron chi connectivity index (χ4n) is 3.09. The number of aryl methyl sites for hydroxylation is 1. The highest BCUT2D eigenvalue weighted by atomic mass is 19.4. The number of nitrogens with one attached hydrogen (secondary N) is 1. The van der Waals surface area contributed by atoms with Crippen LogP contribution in [0.15, 0.2) is 42.5 Å². The molecule has 3 rings (SSSR count). The van der Waals surface area contributed by atoms with Crippen molar-refractivity contribution in [2.75, 3.05) is 12.4 Å². The molecule has 8 heteroatoms. The number of imidazole rings is 1. The van der Waals surface area contributed by atoms with Crippen LogP contribution in [0.4, 0.5) is 18.9 Å². The lowest BCUT2D eigenvalue weighted by molar-refractivity contribution is -0.137. The summed E-state index contributed by atoms with van der Waals surface area (Å²) in [6.07, 6.45) is -3.73. The summed E-state index contributed by atoms with van der Waals surface area (Å²) in [5.41, 5.74) is 0.532. The molecule has 1 amide bonds. The fourth-order valence-corrected chi connectivity index (χ4v) is 3.09. The average Bonchev–Trinajstić information content (AvgIpc) is 2.99. The Balaban J connectivity index is 1.95. The highest BCUT2D eigenvalue weighted by molar-refractivity contribution is 6.06. The molecule has 1 aromatic heterocycles. The van der Waals surface area contributed by atoms with E-state index in [0.717, 1.165) is 35.4 Å². The molecule has 0 aliphatic carbocycles. The molecule has 148 valence electrons. The van der Waals surface area contributed by atoms with Crippen molar-refractivity contribution in [1.29, 1.82) is 0 Å². The number of halogens is 3. The third-order valence-corrected chi connectivity index (χ3v) is 4.28. The molecule has 3 aromatic rings. The number of ether oxygens (including phenoxy) is 1. The molecule has 0 saturated heterocycles. The van der Waals surface area contributed by atoms with Gasteiger partial charge in [-0.3, -0.25) is 4.79 Å². The average molecular weight is 391 g/mol. The number of carbonyl (C=O) groups excluding carboxylic acids is 1. The number of alkyl halides is 3. The number of benzene rings is 2. The lowest BCUT2D eigenvalue weighted by atomic mass is 10.1. The Kier molecular flexibility index (Phi) is 5.69. The van der Waals surface area contributed by atoms with E-state index in [1.165, 1.54) is 12.1 Å². The maximum Gasteiger partial charge on any atom is 0.417 e. The Morgan fingerprint density at radius 1 is 1.21 bits per heavy atom. The summed E-state index contributed by atoms with van der Waals surface area (Å²) in [6, 6.07) is 9.78. The lowest BCUT2D eigenvalue weighted by Crippen LogP contribution is -2.18. The molecule has 0 aliphatic rings. The molecular weight excluding hydrogens is 371 g/mol. The van der Waals surface area contributed by atoms with Gasteiger partial charge in [0.1, 0.15) is 12.4 Å². The number of carbonyl (C=O) groups is 1. The number of hydrogen-bond donors (Lipinski definition) is 1. The maximum atomic E-state index is 13.2. The second-order valence-corrected chi connectivity index (χ2v) is 6.31. The molecule has 0 atom stereocenters. The Morgan fingerprint density at radius 3 is 2.64 bits per heavy atom. The Labute approximate surface area is 160 Å². The largest absolute Gasteiger partial charge is 0.417 e. The fraction of sp³-hybridized carbons (Fsp3) is 0.300. The van der Waals surface area contributed by atoms with E-state index in [0.29, 0.717) is 18.8 Å². The smallest absolute Gasteiger partial charge is 0.377 e. The minimum Gasteiger partial charge on any atom is -0.377 e. The number of aromatic nitrogens is 2. The van der Waals surface area contributed by atoms with Gasteiger partial charge < -0.3 is 14.6 Å². The molecule has 0 aliphatic heterocycles. The predicted octanol–water partition coefficient (Wildman–Crippen LogP) is 4.86. The number of hydrogen-bond acceptors (Lipinski definition) is 3. The predicted molar refractivity (Wildman–Crippen MR) is 100 cm³/mol. The van der Waals surface area contributed by atoms with Crippen molar-refractivity contribution < 1.29 is 22.7 Å². The first kappa shape index (κ1) is 19.9. The number of nitrogens with zero attached hydrogens (tertiary/aromatic N) is 2. The quantitative estimate of drug-likeness (QED) is 0.653. The Bertz CT molecular complexity index is 996. The third kappa shape index (κ3) is 4.01. The number of rotatable bonds is 6. The minimum atomic E-state index is -4.60. The van der Waals surface area contributed by atoms with Gasteiger partial charge in [-0.2, -0.15) is 13.2 Å². The SMILES string of the molecule is CCCn1c(COC)nc2ccc(NC(=O)c3ccccc3C(F)(F)F)cc21. The normalized spacial score (nSPS) is 11.8. The molecule has 2 aromatic carbocycles. The van der Waals surface area contributed by atoms with Crippen LogP contribution in [0.3, 0.4) is 0 Å². The van der Waals surface area contributed by atoms with E-state index < -0.39 is 23.2 Å². The van der Waals surface area contributed by atoms with Gasteiger partial charge in [0.15, 0.2) is 0 Å². The van der Waals surface area contributed by atoms with E-state index in [1.54, 1.807) is 25.3 Å². The van der Waals surface area contributed by atoms with Crippen LogP contribution in [-0.4, -0.2) is 22.6 Å². The zero-order chi connectivity index (χ0) is 20.3. The van der Waals surface area contributed by atoms with Gasteiger partial charge in [-0.25, -0.2) is 4.98 Å². The standard InChI is InChI=1S/C20H20F3N3O2/c1-3-10-26-17-11-13(8-9-16(17)25-18(26)12-28-2)24-19(27)14-6-4-5-7-15(14)20(21,22)23/h4-9,11H,3,10,12H2,1-2H3,(H,24,27). The van der Waals surface area contributed by atoms with Crippen molar-refractivity contribution in [3.63, 3.8) is 0 Å². The number of fused-ring (bicyclic) bond motifs is 1. The van der Waals surface area contributed by atoms with Crippen LogP contribution >= 0.6 is 0 Å². The minimum absolute atomic E-state index is 0.343. The van der Waals surface area contributed by atoms with Gasteiger partial charge in [-0.05, 0) is 36.8 Å². The van der Waals surface area contributed by atoms with Crippen LogP contribution in [0.5, 0.6) is 0 Å². The molecule has 0 radical (unpaired) electrons. The van der Waals surface area contributed by atoms with E-state index in [4.69, 9.17) is 4.74 Å². The van der Waals surface area contributed by atoms with Crippen molar-refractivity contribution in [3.8, 4) is 0 Å². The number of anilines is 1. The summed E-state index contributed by atoms with van der Waals surface area (Å²) in [5, 5.41) is 2.56. The summed E-state index contributed by atoms with van der Waals surface area (Å²) in [4.78, 5) is 17.0. The zero-order valence-corrected chi connectivity index (χ0v) is 15.5. The Hall–Kier alpha value is -2.87. The van der Waals surface area contributed by atoms with Gasteiger partial charge >= 0.3 is 6.18 Å². The van der Waals surface area contributed by atoms with Gasteiger partial charge in [-0.1, -0.05) is 19.1 Å². The first-order valence-electron chi connectivity index (χ1n) is 8.80. The second kappa shape index (κ2) is 8.02. The molecule has 28 heavy (non-hydrogen) atoms. The van der Waals surface area contributed by atoms with Crippen LogP contribution in [0.2, 0.25) is 0 Å². The highest BCUT2D eigenvalue weighted by Gasteiger charge is 2.34. The summed E-state index contributed by atoms with van der Waals surface area (Å²) in [7, 11) is 1.58. The van der Waals surface area contributed by atoms with Crippen molar-refractivity contribution in [3.05, 3.63) is 59.4 Å². The van der Waals surface area contributed by atoms with Crippen LogP contribution in [0.1, 0.15) is 35.1 Å². The molecule has 0 fully saturated rings. The maximum absolute atomic E-state index is 13.2. The summed E-state index contributed by atoms with van der Waals surface area (Å²) in [5.74, 6) is -0.0591. The van der Waals surface area contributed by atoms with E-state index in [-0.39, 0.29) is 0 Å². The highest BCUT2D eigenvalue weighted by Crippen LogP contribution is 2.32. The molecule has 1 N–H and O–H groups in total. The third-order valence-electron chi connectivity index (χ3n) is 4.28. The van der Waals surface area contributed by atoms with Crippen molar-refractivity contribution in [2.45, 2.75) is 32.7 Å². The zero-order valence-electron chi connectivity index (χ0n) is 15.5. The topological polar surface area (TPSA) is 56.1 Å². The van der Waals surface area contributed by atoms with Crippen LogP contribution in [0.25, 0.3) is 11.0 Å². The van der Waals surface area contributed by atoms with Gasteiger partial charge in [0, 0.05) is 19.3 Å². The van der Waals surface area contributed by atoms with E-state index >= 15 is 0 Å². The van der Waals surface area contributed by atoms with Gasteiger partial charge in [0.2, 0.25) is 0 Å². The molecule has 1 heterocycles. The monoisotopic (exact) mass is 391 g/mol. The molecule has 0 spiro atoms.